The third-order valence-corrected chi connectivity index (χ3v) is 8.81. The average molecular weight is 682 g/mol. The van der Waals surface area contributed by atoms with E-state index in [9.17, 15) is 35.9 Å². The fourth-order valence-electron chi connectivity index (χ4n) is 6.33. The second-order valence-electron chi connectivity index (χ2n) is 12.8. The SMILES string of the molecule is COC(=O)c1ccc(-c2cc(F)cc(C3=C(CN4C(=O)O[C@H](c5cc(C(F)(F)F)cc(C(F)(F)F)c5)[C@@H]4C)CC(C)(C)CC3)c2)c(F)c1. The third-order valence-electron chi connectivity index (χ3n) is 8.81. The van der Waals surface area contributed by atoms with Gasteiger partial charge in [-0.3, -0.25) is 4.90 Å². The summed E-state index contributed by atoms with van der Waals surface area (Å²) in [5.41, 5.74) is -1.80. The van der Waals surface area contributed by atoms with Crippen LogP contribution in [0.3, 0.4) is 0 Å². The van der Waals surface area contributed by atoms with Crippen LogP contribution in [0.15, 0.2) is 60.2 Å². The van der Waals surface area contributed by atoms with Crippen LogP contribution in [0.5, 0.6) is 0 Å². The first kappa shape index (κ1) is 34.9. The van der Waals surface area contributed by atoms with Crippen LogP contribution in [0.4, 0.5) is 39.9 Å². The molecule has 1 heterocycles. The summed E-state index contributed by atoms with van der Waals surface area (Å²) in [6.07, 6.45) is -11.0. The molecule has 0 spiro atoms. The molecule has 1 saturated heterocycles. The van der Waals surface area contributed by atoms with Crippen molar-refractivity contribution in [1.82, 2.24) is 4.90 Å². The summed E-state index contributed by atoms with van der Waals surface area (Å²) >= 11 is 0. The normalized spacial score (nSPS) is 19.8. The lowest BCUT2D eigenvalue weighted by Crippen LogP contribution is -2.35. The Morgan fingerprint density at radius 1 is 0.938 bits per heavy atom. The zero-order chi connectivity index (χ0) is 35.3. The van der Waals surface area contributed by atoms with E-state index in [4.69, 9.17) is 4.74 Å². The van der Waals surface area contributed by atoms with Crippen molar-refractivity contribution in [3.05, 3.63) is 99.6 Å². The second kappa shape index (κ2) is 12.6. The lowest BCUT2D eigenvalue weighted by Gasteiger charge is -2.35. The highest BCUT2D eigenvalue weighted by molar-refractivity contribution is 5.90. The number of cyclic esters (lactones) is 1. The zero-order valence-corrected chi connectivity index (χ0v) is 26.3. The Morgan fingerprint density at radius 3 is 2.15 bits per heavy atom. The fourth-order valence-corrected chi connectivity index (χ4v) is 6.33. The molecular formula is C35H31F8NO4. The van der Waals surface area contributed by atoms with E-state index in [-0.39, 0.29) is 34.7 Å². The van der Waals surface area contributed by atoms with Gasteiger partial charge in [-0.1, -0.05) is 19.9 Å². The van der Waals surface area contributed by atoms with Crippen LogP contribution >= 0.6 is 0 Å². The molecule has 5 rings (SSSR count). The molecular weight excluding hydrogens is 650 g/mol. The molecule has 3 aromatic carbocycles. The summed E-state index contributed by atoms with van der Waals surface area (Å²) in [6, 6.07) is 7.80. The summed E-state index contributed by atoms with van der Waals surface area (Å²) < 4.78 is 122. The van der Waals surface area contributed by atoms with Crippen LogP contribution in [0.2, 0.25) is 0 Å². The van der Waals surface area contributed by atoms with E-state index >= 15 is 8.78 Å². The van der Waals surface area contributed by atoms with E-state index < -0.39 is 64.9 Å². The number of amides is 1. The molecule has 0 bridgehead atoms. The molecule has 0 aromatic heterocycles. The minimum absolute atomic E-state index is 0.0104. The largest absolute Gasteiger partial charge is 0.465 e. The Labute approximate surface area is 271 Å². The number of benzene rings is 3. The Morgan fingerprint density at radius 2 is 1.56 bits per heavy atom. The van der Waals surface area contributed by atoms with E-state index in [1.54, 1.807) is 6.07 Å². The van der Waals surface area contributed by atoms with Crippen LogP contribution in [-0.4, -0.2) is 36.7 Å². The van der Waals surface area contributed by atoms with Gasteiger partial charge in [0.2, 0.25) is 0 Å². The maximum Gasteiger partial charge on any atom is 0.416 e. The number of hydrogen-bond acceptors (Lipinski definition) is 4. The minimum Gasteiger partial charge on any atom is -0.465 e. The predicted molar refractivity (Wildman–Crippen MR) is 160 cm³/mol. The fraction of sp³-hybridized carbons (Fsp3) is 0.371. The Balaban J connectivity index is 1.52. The van der Waals surface area contributed by atoms with Gasteiger partial charge in [0.1, 0.15) is 17.7 Å². The number of nitrogens with zero attached hydrogens (tertiary/aromatic N) is 1. The summed E-state index contributed by atoms with van der Waals surface area (Å²) in [4.78, 5) is 26.2. The number of alkyl halides is 6. The number of esters is 1. The van der Waals surface area contributed by atoms with Gasteiger partial charge in [-0.2, -0.15) is 26.3 Å². The highest BCUT2D eigenvalue weighted by Gasteiger charge is 2.44. The first-order valence-electron chi connectivity index (χ1n) is 14.9. The van der Waals surface area contributed by atoms with Gasteiger partial charge in [0.05, 0.1) is 29.8 Å². The van der Waals surface area contributed by atoms with Gasteiger partial charge in [-0.15, -0.1) is 0 Å². The maximum absolute atomic E-state index is 15.1. The zero-order valence-electron chi connectivity index (χ0n) is 26.3. The maximum atomic E-state index is 15.1. The lowest BCUT2D eigenvalue weighted by molar-refractivity contribution is -0.143. The number of carbonyl (C=O) groups excluding carboxylic acids is 2. The summed E-state index contributed by atoms with van der Waals surface area (Å²) in [7, 11) is 1.15. The Bertz CT molecular complexity index is 1760. The van der Waals surface area contributed by atoms with Crippen molar-refractivity contribution in [1.29, 1.82) is 0 Å². The molecule has 1 fully saturated rings. The molecule has 1 amide bonds. The third kappa shape index (κ3) is 7.19. The van der Waals surface area contributed by atoms with Crippen LogP contribution in [0.1, 0.15) is 78.7 Å². The van der Waals surface area contributed by atoms with Crippen molar-refractivity contribution >= 4 is 17.6 Å². The first-order valence-corrected chi connectivity index (χ1v) is 14.9. The predicted octanol–water partition coefficient (Wildman–Crippen LogP) is 10.0. The number of carbonyl (C=O) groups is 2. The number of allylic oxidation sites excluding steroid dienone is 1. The van der Waals surface area contributed by atoms with Crippen molar-refractivity contribution in [2.75, 3.05) is 13.7 Å². The topological polar surface area (TPSA) is 55.8 Å². The summed E-state index contributed by atoms with van der Waals surface area (Å²) in [5, 5.41) is 0. The molecule has 1 aliphatic heterocycles. The van der Waals surface area contributed by atoms with E-state index in [2.05, 4.69) is 4.74 Å². The number of halogens is 8. The van der Waals surface area contributed by atoms with Gasteiger partial charge < -0.3 is 9.47 Å². The van der Waals surface area contributed by atoms with E-state index in [1.165, 1.54) is 30.0 Å². The molecule has 1 aliphatic carbocycles. The standard InChI is InChI=1S/C35H31F8NO4/c1-18-30(22-10-24(34(38,39)40)15-25(11-22)35(41,42)43)48-32(46)44(18)17-23-16-33(2,3)8-7-27(23)20-9-21(13-26(36)12-20)28-6-5-19(14-29(28)37)31(45)47-4/h5-6,9-15,18,30H,7-8,16-17H2,1-4H3/t18-,30-/m0/s1. The van der Waals surface area contributed by atoms with E-state index in [1.807, 2.05) is 13.8 Å². The molecule has 5 nitrogen and oxygen atoms in total. The number of ether oxygens (including phenoxy) is 2. The second-order valence-corrected chi connectivity index (χ2v) is 12.8. The molecule has 48 heavy (non-hydrogen) atoms. The molecule has 0 N–H and O–H groups in total. The molecule has 3 aromatic rings. The smallest absolute Gasteiger partial charge is 0.416 e. The van der Waals surface area contributed by atoms with Crippen LogP contribution in [0, 0.1) is 17.0 Å². The van der Waals surface area contributed by atoms with Gasteiger partial charge in [-0.25, -0.2) is 18.4 Å². The monoisotopic (exact) mass is 681 g/mol. The summed E-state index contributed by atoms with van der Waals surface area (Å²) in [5.74, 6) is -2.20. The summed E-state index contributed by atoms with van der Waals surface area (Å²) in [6.45, 7) is 5.37. The molecule has 2 aliphatic rings. The molecule has 256 valence electrons. The lowest BCUT2D eigenvalue weighted by atomic mass is 9.72. The first-order chi connectivity index (χ1) is 22.3. The van der Waals surface area contributed by atoms with Crippen molar-refractivity contribution in [2.45, 2.75) is 64.5 Å². The van der Waals surface area contributed by atoms with Crippen molar-refractivity contribution in [3.63, 3.8) is 0 Å². The average Bonchev–Trinajstić information content (AvgIpc) is 3.27. The van der Waals surface area contributed by atoms with Crippen molar-refractivity contribution < 1.29 is 54.2 Å². The molecule has 0 saturated carbocycles. The van der Waals surface area contributed by atoms with Gasteiger partial charge in [0.15, 0.2) is 0 Å². The van der Waals surface area contributed by atoms with E-state index in [0.29, 0.717) is 48.1 Å². The van der Waals surface area contributed by atoms with Crippen molar-refractivity contribution in [2.24, 2.45) is 5.41 Å². The van der Waals surface area contributed by atoms with E-state index in [0.717, 1.165) is 19.2 Å². The molecule has 0 radical (unpaired) electrons. The van der Waals surface area contributed by atoms with Crippen LogP contribution in [-0.2, 0) is 21.8 Å². The van der Waals surface area contributed by atoms with Crippen LogP contribution < -0.4 is 0 Å². The molecule has 2 atom stereocenters. The quantitative estimate of drug-likeness (QED) is 0.192. The van der Waals surface area contributed by atoms with Gasteiger partial charge in [-0.05, 0) is 108 Å². The highest BCUT2D eigenvalue weighted by Crippen LogP contribution is 2.46. The van der Waals surface area contributed by atoms with Crippen molar-refractivity contribution in [3.8, 4) is 11.1 Å². The number of rotatable bonds is 6. The Hall–Kier alpha value is -4.42. The van der Waals surface area contributed by atoms with Crippen LogP contribution in [0.25, 0.3) is 16.7 Å². The minimum atomic E-state index is -5.08. The van der Waals surface area contributed by atoms with Gasteiger partial charge >= 0.3 is 24.4 Å². The highest BCUT2D eigenvalue weighted by atomic mass is 19.4. The molecule has 13 heteroatoms. The Kier molecular flexibility index (Phi) is 9.13. The number of hydrogen-bond donors (Lipinski definition) is 0. The van der Waals surface area contributed by atoms with Gasteiger partial charge in [0.25, 0.3) is 0 Å². The molecule has 0 unspecified atom stereocenters. The van der Waals surface area contributed by atoms with Gasteiger partial charge in [0, 0.05) is 12.1 Å². The number of methoxy groups -OCH3 is 1.